The molecular formula is C6H7ClN2S. The number of nitrogens with two attached hydrogens (primary N) is 1. The molecule has 1 rings (SSSR count). The van der Waals surface area contributed by atoms with Crippen LogP contribution in [0.25, 0.3) is 6.08 Å². The number of halogens is 1. The van der Waals surface area contributed by atoms with Gasteiger partial charge in [0, 0.05) is 11.3 Å². The zero-order valence-electron chi connectivity index (χ0n) is 5.25. The van der Waals surface area contributed by atoms with Gasteiger partial charge in [0.15, 0.2) is 5.13 Å². The van der Waals surface area contributed by atoms with Crippen molar-refractivity contribution in [2.45, 2.75) is 0 Å². The Kier molecular flexibility index (Phi) is 2.71. The molecule has 1 aromatic rings. The first kappa shape index (κ1) is 7.57. The summed E-state index contributed by atoms with van der Waals surface area (Å²) in [5.41, 5.74) is 6.27. The zero-order valence-corrected chi connectivity index (χ0v) is 6.82. The summed E-state index contributed by atoms with van der Waals surface area (Å²) in [5, 5.41) is 2.48. The molecule has 1 aromatic heterocycles. The molecule has 4 heteroatoms. The number of rotatable bonds is 2. The second kappa shape index (κ2) is 3.58. The first-order valence-electron chi connectivity index (χ1n) is 2.76. The maximum absolute atomic E-state index is 5.42. The van der Waals surface area contributed by atoms with Crippen LogP contribution in [0.15, 0.2) is 11.5 Å². The average molecular weight is 175 g/mol. The van der Waals surface area contributed by atoms with E-state index in [2.05, 4.69) is 4.98 Å². The molecule has 0 aliphatic carbocycles. The van der Waals surface area contributed by atoms with E-state index in [-0.39, 0.29) is 0 Å². The first-order chi connectivity index (χ1) is 4.83. The van der Waals surface area contributed by atoms with E-state index in [0.29, 0.717) is 11.0 Å². The van der Waals surface area contributed by atoms with E-state index < -0.39 is 0 Å². The van der Waals surface area contributed by atoms with E-state index in [1.165, 1.54) is 11.3 Å². The number of alkyl halides is 1. The fourth-order valence-electron chi connectivity index (χ4n) is 0.543. The van der Waals surface area contributed by atoms with Crippen LogP contribution >= 0.6 is 22.9 Å². The summed E-state index contributed by atoms with van der Waals surface area (Å²) in [4.78, 5) is 4.00. The van der Waals surface area contributed by atoms with Gasteiger partial charge in [0.05, 0.1) is 5.69 Å². The summed E-state index contributed by atoms with van der Waals surface area (Å²) in [6, 6.07) is 0. The lowest BCUT2D eigenvalue weighted by molar-refractivity contribution is 1.38. The number of aromatic nitrogens is 1. The molecule has 0 radical (unpaired) electrons. The van der Waals surface area contributed by atoms with Gasteiger partial charge in [-0.25, -0.2) is 4.98 Å². The maximum atomic E-state index is 5.42. The highest BCUT2D eigenvalue weighted by Gasteiger charge is 1.91. The fourth-order valence-corrected chi connectivity index (χ4v) is 1.16. The predicted molar refractivity (Wildman–Crippen MR) is 46.3 cm³/mol. The Hall–Kier alpha value is -0.540. The molecule has 0 fully saturated rings. The molecule has 0 amide bonds. The van der Waals surface area contributed by atoms with Gasteiger partial charge in [0.1, 0.15) is 0 Å². The number of anilines is 1. The Balaban J connectivity index is 2.67. The Morgan fingerprint density at radius 3 is 3.10 bits per heavy atom. The molecular weight excluding hydrogens is 168 g/mol. The van der Waals surface area contributed by atoms with E-state index >= 15 is 0 Å². The number of thiazole rings is 1. The molecule has 0 unspecified atom stereocenters. The van der Waals surface area contributed by atoms with Crippen LogP contribution in [0.1, 0.15) is 5.69 Å². The molecule has 2 nitrogen and oxygen atoms in total. The van der Waals surface area contributed by atoms with Crippen molar-refractivity contribution in [3.8, 4) is 0 Å². The third-order valence-corrected chi connectivity index (χ3v) is 1.79. The highest BCUT2D eigenvalue weighted by Crippen LogP contribution is 2.11. The van der Waals surface area contributed by atoms with Crippen molar-refractivity contribution < 1.29 is 0 Å². The van der Waals surface area contributed by atoms with Gasteiger partial charge in [-0.15, -0.1) is 22.9 Å². The molecule has 2 N–H and O–H groups in total. The molecule has 54 valence electrons. The lowest BCUT2D eigenvalue weighted by Crippen LogP contribution is -1.80. The van der Waals surface area contributed by atoms with E-state index in [1.807, 2.05) is 17.5 Å². The summed E-state index contributed by atoms with van der Waals surface area (Å²) < 4.78 is 0. The van der Waals surface area contributed by atoms with Gasteiger partial charge < -0.3 is 5.73 Å². The maximum Gasteiger partial charge on any atom is 0.180 e. The van der Waals surface area contributed by atoms with Gasteiger partial charge in [-0.3, -0.25) is 0 Å². The second-order valence-corrected chi connectivity index (χ2v) is 2.87. The number of hydrogen-bond acceptors (Lipinski definition) is 3. The SMILES string of the molecule is Nc1nc(C=CCCl)cs1. The number of nitrogen functional groups attached to an aromatic ring is 1. The lowest BCUT2D eigenvalue weighted by Gasteiger charge is -1.78. The molecule has 0 bridgehead atoms. The van der Waals surface area contributed by atoms with Gasteiger partial charge >= 0.3 is 0 Å². The molecule has 0 saturated heterocycles. The monoisotopic (exact) mass is 174 g/mol. The van der Waals surface area contributed by atoms with Gasteiger partial charge in [0.25, 0.3) is 0 Å². The largest absolute Gasteiger partial charge is 0.375 e. The number of nitrogens with zero attached hydrogens (tertiary/aromatic N) is 1. The standard InChI is InChI=1S/C6H7ClN2S/c7-3-1-2-5-4-10-6(8)9-5/h1-2,4H,3H2,(H2,8,9). The van der Waals surface area contributed by atoms with Crippen molar-refractivity contribution in [2.24, 2.45) is 0 Å². The molecule has 0 saturated carbocycles. The predicted octanol–water partition coefficient (Wildman–Crippen LogP) is 1.98. The van der Waals surface area contributed by atoms with Crippen molar-refractivity contribution in [3.05, 3.63) is 17.2 Å². The number of hydrogen-bond donors (Lipinski definition) is 1. The summed E-state index contributed by atoms with van der Waals surface area (Å²) >= 11 is 6.84. The fraction of sp³-hybridized carbons (Fsp3) is 0.167. The summed E-state index contributed by atoms with van der Waals surface area (Å²) in [6.07, 6.45) is 3.68. The van der Waals surface area contributed by atoms with Crippen molar-refractivity contribution in [2.75, 3.05) is 11.6 Å². The minimum atomic E-state index is 0.511. The highest BCUT2D eigenvalue weighted by atomic mass is 35.5. The van der Waals surface area contributed by atoms with Crippen LogP contribution in [0.2, 0.25) is 0 Å². The Bertz CT molecular complexity index is 231. The van der Waals surface area contributed by atoms with Gasteiger partial charge in [-0.1, -0.05) is 6.08 Å². The molecule has 10 heavy (non-hydrogen) atoms. The molecule has 1 heterocycles. The molecule has 0 aliphatic rings. The van der Waals surface area contributed by atoms with Crippen LogP contribution in [0.3, 0.4) is 0 Å². The smallest absolute Gasteiger partial charge is 0.180 e. The van der Waals surface area contributed by atoms with Gasteiger partial charge in [-0.05, 0) is 6.08 Å². The van der Waals surface area contributed by atoms with Crippen molar-refractivity contribution in [1.29, 1.82) is 0 Å². The minimum absolute atomic E-state index is 0.511. The minimum Gasteiger partial charge on any atom is -0.375 e. The molecule has 0 spiro atoms. The van der Waals surface area contributed by atoms with Gasteiger partial charge in [-0.2, -0.15) is 0 Å². The summed E-state index contributed by atoms with van der Waals surface area (Å²) in [6.45, 7) is 0. The van der Waals surface area contributed by atoms with E-state index in [4.69, 9.17) is 17.3 Å². The topological polar surface area (TPSA) is 38.9 Å². The third kappa shape index (κ3) is 2.01. The van der Waals surface area contributed by atoms with E-state index in [9.17, 15) is 0 Å². The third-order valence-electron chi connectivity index (χ3n) is 0.917. The molecule has 0 atom stereocenters. The van der Waals surface area contributed by atoms with Crippen LogP contribution in [0, 0.1) is 0 Å². The summed E-state index contributed by atoms with van der Waals surface area (Å²) in [5.74, 6) is 0.511. The highest BCUT2D eigenvalue weighted by molar-refractivity contribution is 7.13. The lowest BCUT2D eigenvalue weighted by atomic mass is 10.4. The van der Waals surface area contributed by atoms with Crippen LogP contribution < -0.4 is 5.73 Å². The average Bonchev–Trinajstić information content (AvgIpc) is 2.31. The van der Waals surface area contributed by atoms with Crippen LogP contribution in [0.5, 0.6) is 0 Å². The summed E-state index contributed by atoms with van der Waals surface area (Å²) in [7, 11) is 0. The second-order valence-electron chi connectivity index (χ2n) is 1.67. The van der Waals surface area contributed by atoms with E-state index in [1.54, 1.807) is 0 Å². The van der Waals surface area contributed by atoms with E-state index in [0.717, 1.165) is 5.69 Å². The van der Waals surface area contributed by atoms with Crippen molar-refractivity contribution in [3.63, 3.8) is 0 Å². The Labute approximate surface area is 68.3 Å². The zero-order chi connectivity index (χ0) is 7.40. The Morgan fingerprint density at radius 1 is 1.80 bits per heavy atom. The quantitative estimate of drug-likeness (QED) is 0.697. The van der Waals surface area contributed by atoms with Crippen LogP contribution in [-0.2, 0) is 0 Å². The number of allylic oxidation sites excluding steroid dienone is 1. The normalized spacial score (nSPS) is 10.9. The molecule has 0 aromatic carbocycles. The Morgan fingerprint density at radius 2 is 2.60 bits per heavy atom. The molecule has 0 aliphatic heterocycles. The van der Waals surface area contributed by atoms with Gasteiger partial charge in [0.2, 0.25) is 0 Å². The van der Waals surface area contributed by atoms with Crippen LogP contribution in [0.4, 0.5) is 5.13 Å². The van der Waals surface area contributed by atoms with Crippen LogP contribution in [-0.4, -0.2) is 10.9 Å². The van der Waals surface area contributed by atoms with Crippen molar-refractivity contribution in [1.82, 2.24) is 4.98 Å². The first-order valence-corrected chi connectivity index (χ1v) is 4.18. The van der Waals surface area contributed by atoms with Crippen molar-refractivity contribution >= 4 is 34.1 Å².